The van der Waals surface area contributed by atoms with Gasteiger partial charge in [0.25, 0.3) is 5.91 Å². The summed E-state index contributed by atoms with van der Waals surface area (Å²) in [6.07, 6.45) is 3.89. The number of pyridine rings is 1. The Morgan fingerprint density at radius 1 is 1.26 bits per heavy atom. The number of hydrogen-bond acceptors (Lipinski definition) is 5. The zero-order chi connectivity index (χ0) is 23.6. The fourth-order valence-corrected chi connectivity index (χ4v) is 5.61. The van der Waals surface area contributed by atoms with Crippen LogP contribution in [-0.2, 0) is 12.0 Å². The van der Waals surface area contributed by atoms with Crippen LogP contribution < -0.4 is 0 Å². The predicted octanol–water partition coefficient (Wildman–Crippen LogP) is 4.58. The molecule has 172 valence electrons. The topological polar surface area (TPSA) is 99.7 Å². The molecule has 0 saturated carbocycles. The van der Waals surface area contributed by atoms with E-state index in [1.807, 2.05) is 42.5 Å². The second-order valence-corrected chi connectivity index (χ2v) is 9.90. The molecule has 2 N–H and O–H groups in total. The maximum Gasteiger partial charge on any atom is 0.258 e. The van der Waals surface area contributed by atoms with Crippen molar-refractivity contribution in [2.45, 2.75) is 31.9 Å². The number of para-hydroxylation sites is 1. The highest BCUT2D eigenvalue weighted by atomic mass is 79.9. The lowest BCUT2D eigenvalue weighted by Gasteiger charge is -2.33. The number of amides is 1. The quantitative estimate of drug-likeness (QED) is 0.363. The Morgan fingerprint density at radius 2 is 2.09 bits per heavy atom. The number of halogens is 1. The highest BCUT2D eigenvalue weighted by Gasteiger charge is 2.38. The van der Waals surface area contributed by atoms with Crippen LogP contribution in [0.1, 0.15) is 53.1 Å². The molecule has 1 aromatic carbocycles. The van der Waals surface area contributed by atoms with Gasteiger partial charge in [0.05, 0.1) is 35.0 Å². The molecule has 4 aromatic heterocycles. The van der Waals surface area contributed by atoms with E-state index in [1.54, 1.807) is 35.8 Å². The Kier molecular flexibility index (Phi) is 4.69. The summed E-state index contributed by atoms with van der Waals surface area (Å²) in [7, 11) is 0. The number of H-pyrrole nitrogens is 1. The first-order valence-corrected chi connectivity index (χ1v) is 11.8. The van der Waals surface area contributed by atoms with Crippen molar-refractivity contribution in [1.82, 2.24) is 24.5 Å². The molecule has 5 aromatic rings. The zero-order valence-electron chi connectivity index (χ0n) is 18.6. The monoisotopic (exact) mass is 519 g/mol. The van der Waals surface area contributed by atoms with E-state index in [0.29, 0.717) is 40.0 Å². The van der Waals surface area contributed by atoms with Gasteiger partial charge in [-0.1, -0.05) is 18.2 Å². The van der Waals surface area contributed by atoms with Crippen LogP contribution in [-0.4, -0.2) is 42.0 Å². The second kappa shape index (κ2) is 7.54. The third-order valence-corrected chi connectivity index (χ3v) is 6.98. The molecule has 0 radical (unpaired) electrons. The maximum atomic E-state index is 14.0. The van der Waals surface area contributed by atoms with Crippen molar-refractivity contribution in [2.75, 3.05) is 6.54 Å². The summed E-state index contributed by atoms with van der Waals surface area (Å²) in [5.74, 6) is 0.497. The number of nitrogens with one attached hydrogen (secondary N) is 1. The number of fused-ring (bicyclic) bond motifs is 3. The molecular weight excluding hydrogens is 498 g/mol. The van der Waals surface area contributed by atoms with Crippen molar-refractivity contribution >= 4 is 38.3 Å². The van der Waals surface area contributed by atoms with Crippen molar-refractivity contribution in [1.29, 1.82) is 0 Å². The number of hydrogen-bond donors (Lipinski definition) is 2. The number of imidazole rings is 1. The van der Waals surface area contributed by atoms with E-state index in [4.69, 9.17) is 4.42 Å². The smallest absolute Gasteiger partial charge is 0.258 e. The van der Waals surface area contributed by atoms with Gasteiger partial charge in [0.2, 0.25) is 0 Å². The van der Waals surface area contributed by atoms with E-state index in [2.05, 4.69) is 31.0 Å². The molecule has 0 bridgehead atoms. The predicted molar refractivity (Wildman–Crippen MR) is 130 cm³/mol. The lowest BCUT2D eigenvalue weighted by atomic mass is 9.99. The lowest BCUT2D eigenvalue weighted by molar-refractivity contribution is 0.0671. The van der Waals surface area contributed by atoms with Gasteiger partial charge >= 0.3 is 0 Å². The molecule has 0 aliphatic carbocycles. The third-order valence-electron chi connectivity index (χ3n) is 6.34. The molecule has 0 unspecified atom stereocenters. The Bertz CT molecular complexity index is 1520. The van der Waals surface area contributed by atoms with Crippen LogP contribution in [0.25, 0.3) is 16.5 Å². The number of benzene rings is 1. The van der Waals surface area contributed by atoms with E-state index >= 15 is 0 Å². The van der Waals surface area contributed by atoms with Gasteiger partial charge in [-0.2, -0.15) is 5.10 Å². The van der Waals surface area contributed by atoms with E-state index in [9.17, 15) is 9.90 Å². The van der Waals surface area contributed by atoms with Gasteiger partial charge in [0.15, 0.2) is 0 Å². The number of aromatic amines is 1. The Labute approximate surface area is 203 Å². The van der Waals surface area contributed by atoms with Gasteiger partial charge in [0.1, 0.15) is 23.0 Å². The van der Waals surface area contributed by atoms with Crippen molar-refractivity contribution in [3.8, 4) is 0 Å². The molecule has 8 nitrogen and oxygen atoms in total. The fourth-order valence-electron chi connectivity index (χ4n) is 4.82. The molecule has 1 atom stereocenters. The van der Waals surface area contributed by atoms with Gasteiger partial charge in [0, 0.05) is 28.5 Å². The van der Waals surface area contributed by atoms with Gasteiger partial charge in [-0.05, 0) is 54.0 Å². The van der Waals surface area contributed by atoms with Crippen LogP contribution in [0.3, 0.4) is 0 Å². The van der Waals surface area contributed by atoms with Gasteiger partial charge in [-0.15, -0.1) is 0 Å². The number of rotatable bonds is 3. The third kappa shape index (κ3) is 3.19. The van der Waals surface area contributed by atoms with Crippen molar-refractivity contribution in [2.24, 2.45) is 0 Å². The molecule has 1 amide bonds. The molecule has 0 fully saturated rings. The molecule has 5 heterocycles. The van der Waals surface area contributed by atoms with Crippen molar-refractivity contribution in [3.63, 3.8) is 0 Å². The minimum atomic E-state index is -1.16. The SMILES string of the molecule is CC(C)(O)c1c(Br)ccc2c(C(=O)N3CCc4[nH]cnc4[C@H]3c3cc4ccccc4o3)cnn12. The van der Waals surface area contributed by atoms with Gasteiger partial charge in [-0.25, -0.2) is 9.50 Å². The number of aliphatic hydroxyl groups is 1. The summed E-state index contributed by atoms with van der Waals surface area (Å²) in [5.41, 5.74) is 3.06. The van der Waals surface area contributed by atoms with Crippen LogP contribution in [0.4, 0.5) is 0 Å². The number of carbonyl (C=O) groups excluding carboxylic acids is 1. The van der Waals surface area contributed by atoms with Crippen LogP contribution >= 0.6 is 15.9 Å². The zero-order valence-corrected chi connectivity index (χ0v) is 20.2. The molecule has 1 aliphatic heterocycles. The Morgan fingerprint density at radius 3 is 2.88 bits per heavy atom. The summed E-state index contributed by atoms with van der Waals surface area (Å²) in [6.45, 7) is 3.88. The summed E-state index contributed by atoms with van der Waals surface area (Å²) in [4.78, 5) is 23.5. The fraction of sp³-hybridized carbons (Fsp3) is 0.240. The largest absolute Gasteiger partial charge is 0.458 e. The summed E-state index contributed by atoms with van der Waals surface area (Å²) in [5, 5.41) is 16.1. The summed E-state index contributed by atoms with van der Waals surface area (Å²) < 4.78 is 8.53. The maximum absolute atomic E-state index is 14.0. The van der Waals surface area contributed by atoms with E-state index in [0.717, 1.165) is 22.4 Å². The first-order chi connectivity index (χ1) is 16.3. The summed E-state index contributed by atoms with van der Waals surface area (Å²) in [6, 6.07) is 13.0. The number of aromatic nitrogens is 4. The average Bonchev–Trinajstić information content (AvgIpc) is 3.53. The molecule has 0 saturated heterocycles. The molecule has 9 heteroatoms. The highest BCUT2D eigenvalue weighted by molar-refractivity contribution is 9.10. The first-order valence-electron chi connectivity index (χ1n) is 11.0. The number of nitrogens with zero attached hydrogens (tertiary/aromatic N) is 4. The van der Waals surface area contributed by atoms with E-state index in [-0.39, 0.29) is 5.91 Å². The minimum Gasteiger partial charge on any atom is -0.458 e. The normalized spacial score (nSPS) is 16.4. The van der Waals surface area contributed by atoms with E-state index < -0.39 is 11.6 Å². The van der Waals surface area contributed by atoms with Crippen molar-refractivity contribution in [3.05, 3.63) is 87.9 Å². The molecule has 1 aliphatic rings. The highest BCUT2D eigenvalue weighted by Crippen LogP contribution is 2.38. The van der Waals surface area contributed by atoms with Gasteiger partial charge < -0.3 is 19.4 Å². The lowest BCUT2D eigenvalue weighted by Crippen LogP contribution is -2.40. The molecular formula is C25H22BrN5O3. The minimum absolute atomic E-state index is 0.168. The first kappa shape index (κ1) is 21.1. The van der Waals surface area contributed by atoms with Gasteiger partial charge in [-0.3, -0.25) is 4.79 Å². The molecule has 0 spiro atoms. The molecule has 34 heavy (non-hydrogen) atoms. The van der Waals surface area contributed by atoms with Crippen LogP contribution in [0.2, 0.25) is 0 Å². The van der Waals surface area contributed by atoms with Crippen molar-refractivity contribution < 1.29 is 14.3 Å². The second-order valence-electron chi connectivity index (χ2n) is 9.05. The van der Waals surface area contributed by atoms with Crippen LogP contribution in [0, 0.1) is 0 Å². The standard InChI is InChI=1S/C25H22BrN5O3/c1-25(2,33)23-16(26)7-8-18-15(12-29-31(18)23)24(32)30-10-9-17-21(28-13-27-17)22(30)20-11-14-5-3-4-6-19(14)34-20/h3-8,11-13,22,33H,9-10H2,1-2H3,(H,27,28)/t22-/m1/s1. The van der Waals surface area contributed by atoms with E-state index in [1.165, 1.54) is 0 Å². The molecule has 6 rings (SSSR count). The average molecular weight is 520 g/mol. The van der Waals surface area contributed by atoms with Crippen LogP contribution in [0.5, 0.6) is 0 Å². The number of carbonyl (C=O) groups is 1. The van der Waals surface area contributed by atoms with Crippen LogP contribution in [0.15, 0.2) is 63.9 Å². The Hall–Kier alpha value is -3.43. The Balaban J connectivity index is 1.48. The number of furan rings is 1. The summed E-state index contributed by atoms with van der Waals surface area (Å²) >= 11 is 3.51.